The summed E-state index contributed by atoms with van der Waals surface area (Å²) in [5.74, 6) is -0.638. The summed E-state index contributed by atoms with van der Waals surface area (Å²) >= 11 is 6.02. The molecule has 0 unspecified atom stereocenters. The third kappa shape index (κ3) is 1.97. The van der Waals surface area contributed by atoms with Crippen molar-refractivity contribution in [2.24, 2.45) is 0 Å². The summed E-state index contributed by atoms with van der Waals surface area (Å²) in [7, 11) is 0. The molecule has 0 aliphatic carbocycles. The molecule has 0 spiro atoms. The van der Waals surface area contributed by atoms with Crippen molar-refractivity contribution < 1.29 is 9.90 Å². The van der Waals surface area contributed by atoms with Gasteiger partial charge in [-0.3, -0.25) is 4.79 Å². The average molecular weight is 237 g/mol. The van der Waals surface area contributed by atoms with Gasteiger partial charge in [-0.1, -0.05) is 17.7 Å². The summed E-state index contributed by atoms with van der Waals surface area (Å²) in [6.07, 6.45) is -0.177. The normalized spacial score (nSPS) is 10.6. The number of aliphatic carboxylic acids is 1. The number of carboxylic acid groups (broad SMARTS) is 1. The molecule has 82 valence electrons. The van der Waals surface area contributed by atoms with Crippen LogP contribution in [-0.4, -0.2) is 21.0 Å². The number of aryl methyl sites for hydroxylation is 1. The number of nitrogens with zero attached hydrogens (tertiary/aromatic N) is 2. The lowest BCUT2D eigenvalue weighted by Crippen LogP contribution is -2.06. The van der Waals surface area contributed by atoms with Gasteiger partial charge in [0.25, 0.3) is 0 Å². The Labute approximate surface area is 96.9 Å². The smallest absolute Gasteiger partial charge is 0.311 e. The lowest BCUT2D eigenvalue weighted by Gasteiger charge is -2.05. The lowest BCUT2D eigenvalue weighted by atomic mass is 10.2. The second-order valence-corrected chi connectivity index (χ2v) is 3.84. The summed E-state index contributed by atoms with van der Waals surface area (Å²) in [4.78, 5) is 18.9. The van der Waals surface area contributed by atoms with E-state index in [0.717, 1.165) is 5.39 Å². The zero-order valence-electron chi connectivity index (χ0n) is 8.57. The SMILES string of the molecule is Cc1nc(CC(=O)O)nc2cccc(Cl)c12. The first-order valence-corrected chi connectivity index (χ1v) is 5.09. The molecule has 0 atom stereocenters. The largest absolute Gasteiger partial charge is 0.481 e. The van der Waals surface area contributed by atoms with Crippen molar-refractivity contribution in [2.75, 3.05) is 0 Å². The van der Waals surface area contributed by atoms with E-state index in [4.69, 9.17) is 16.7 Å². The summed E-state index contributed by atoms with van der Waals surface area (Å²) in [6, 6.07) is 5.33. The zero-order valence-corrected chi connectivity index (χ0v) is 9.32. The Morgan fingerprint density at radius 3 is 2.88 bits per heavy atom. The third-order valence-electron chi connectivity index (χ3n) is 2.21. The molecule has 0 aliphatic heterocycles. The number of rotatable bonds is 2. The summed E-state index contributed by atoms with van der Waals surface area (Å²) in [6.45, 7) is 1.79. The molecule has 2 aromatic rings. The molecule has 2 rings (SSSR count). The fraction of sp³-hybridized carbons (Fsp3) is 0.182. The maximum Gasteiger partial charge on any atom is 0.311 e. The van der Waals surface area contributed by atoms with Gasteiger partial charge in [0, 0.05) is 5.39 Å². The summed E-state index contributed by atoms with van der Waals surface area (Å²) < 4.78 is 0. The van der Waals surface area contributed by atoms with Gasteiger partial charge in [-0.05, 0) is 19.1 Å². The Morgan fingerprint density at radius 1 is 1.44 bits per heavy atom. The second-order valence-electron chi connectivity index (χ2n) is 3.43. The summed E-state index contributed by atoms with van der Waals surface area (Å²) in [5.41, 5.74) is 1.38. The Kier molecular flexibility index (Phi) is 2.75. The molecule has 4 nitrogen and oxygen atoms in total. The van der Waals surface area contributed by atoms with Crippen LogP contribution in [0.1, 0.15) is 11.5 Å². The minimum Gasteiger partial charge on any atom is -0.481 e. The Balaban J connectivity index is 2.64. The van der Waals surface area contributed by atoms with Gasteiger partial charge in [0.2, 0.25) is 0 Å². The Bertz CT molecular complexity index is 569. The minimum absolute atomic E-state index is 0.177. The van der Waals surface area contributed by atoms with Gasteiger partial charge in [0.05, 0.1) is 16.2 Å². The van der Waals surface area contributed by atoms with Crippen molar-refractivity contribution >= 4 is 28.5 Å². The van der Waals surface area contributed by atoms with Crippen LogP contribution < -0.4 is 0 Å². The third-order valence-corrected chi connectivity index (χ3v) is 2.52. The van der Waals surface area contributed by atoms with Gasteiger partial charge in [-0.15, -0.1) is 0 Å². The van der Waals surface area contributed by atoms with Crippen molar-refractivity contribution in [2.45, 2.75) is 13.3 Å². The molecule has 1 N–H and O–H groups in total. The molecule has 1 aromatic heterocycles. The van der Waals surface area contributed by atoms with Gasteiger partial charge in [0.1, 0.15) is 12.2 Å². The van der Waals surface area contributed by atoms with E-state index in [0.29, 0.717) is 22.1 Å². The Morgan fingerprint density at radius 2 is 2.19 bits per heavy atom. The van der Waals surface area contributed by atoms with Crippen LogP contribution >= 0.6 is 11.6 Å². The summed E-state index contributed by atoms with van der Waals surface area (Å²) in [5, 5.41) is 10.0. The molecule has 0 aliphatic rings. The molecule has 0 fully saturated rings. The van der Waals surface area contributed by atoms with E-state index in [9.17, 15) is 4.79 Å². The monoisotopic (exact) mass is 236 g/mol. The van der Waals surface area contributed by atoms with Gasteiger partial charge < -0.3 is 5.11 Å². The quantitative estimate of drug-likeness (QED) is 0.869. The first kappa shape index (κ1) is 10.8. The predicted octanol–water partition coefficient (Wildman–Crippen LogP) is 2.22. The van der Waals surface area contributed by atoms with E-state index < -0.39 is 5.97 Å². The first-order chi connectivity index (χ1) is 7.58. The van der Waals surface area contributed by atoms with Crippen LogP contribution in [0.25, 0.3) is 10.9 Å². The van der Waals surface area contributed by atoms with E-state index in [1.54, 1.807) is 25.1 Å². The number of halogens is 1. The number of fused-ring (bicyclic) bond motifs is 1. The molecule has 0 saturated heterocycles. The topological polar surface area (TPSA) is 63.1 Å². The highest BCUT2D eigenvalue weighted by molar-refractivity contribution is 6.35. The highest BCUT2D eigenvalue weighted by Crippen LogP contribution is 2.24. The molecular formula is C11H9ClN2O2. The van der Waals surface area contributed by atoms with Crippen molar-refractivity contribution in [1.29, 1.82) is 0 Å². The predicted molar refractivity (Wildman–Crippen MR) is 60.6 cm³/mol. The zero-order chi connectivity index (χ0) is 11.7. The van der Waals surface area contributed by atoms with Crippen LogP contribution in [-0.2, 0) is 11.2 Å². The fourth-order valence-electron chi connectivity index (χ4n) is 1.59. The number of hydrogen-bond donors (Lipinski definition) is 1. The molecule has 1 heterocycles. The van der Waals surface area contributed by atoms with Gasteiger partial charge in [-0.2, -0.15) is 0 Å². The van der Waals surface area contributed by atoms with Crippen LogP contribution in [0.5, 0.6) is 0 Å². The molecule has 0 bridgehead atoms. The number of hydrogen-bond acceptors (Lipinski definition) is 3. The van der Waals surface area contributed by atoms with Crippen molar-refractivity contribution in [3.63, 3.8) is 0 Å². The molecule has 1 aromatic carbocycles. The molecule has 0 amide bonds. The maximum absolute atomic E-state index is 10.6. The highest BCUT2D eigenvalue weighted by Gasteiger charge is 2.09. The molecular weight excluding hydrogens is 228 g/mol. The van der Waals surface area contributed by atoms with Crippen molar-refractivity contribution in [3.8, 4) is 0 Å². The van der Waals surface area contributed by atoms with Gasteiger partial charge >= 0.3 is 5.97 Å². The van der Waals surface area contributed by atoms with Crippen LogP contribution in [0.2, 0.25) is 5.02 Å². The number of carboxylic acids is 1. The van der Waals surface area contributed by atoms with E-state index in [1.165, 1.54) is 0 Å². The van der Waals surface area contributed by atoms with Crippen LogP contribution in [0.15, 0.2) is 18.2 Å². The average Bonchev–Trinajstić information content (AvgIpc) is 2.15. The fourth-order valence-corrected chi connectivity index (χ4v) is 1.90. The highest BCUT2D eigenvalue weighted by atomic mass is 35.5. The van der Waals surface area contributed by atoms with E-state index in [-0.39, 0.29) is 6.42 Å². The van der Waals surface area contributed by atoms with Crippen LogP contribution in [0.4, 0.5) is 0 Å². The van der Waals surface area contributed by atoms with Gasteiger partial charge in [0.15, 0.2) is 0 Å². The maximum atomic E-state index is 10.6. The van der Waals surface area contributed by atoms with Crippen LogP contribution in [0, 0.1) is 6.92 Å². The number of carbonyl (C=O) groups is 1. The van der Waals surface area contributed by atoms with Crippen molar-refractivity contribution in [3.05, 3.63) is 34.7 Å². The Hall–Kier alpha value is -1.68. The standard InChI is InChI=1S/C11H9ClN2O2/c1-6-11-7(12)3-2-4-8(11)14-9(13-6)5-10(15)16/h2-4H,5H2,1H3,(H,15,16). The molecule has 5 heteroatoms. The molecule has 16 heavy (non-hydrogen) atoms. The number of aromatic nitrogens is 2. The van der Waals surface area contributed by atoms with Gasteiger partial charge in [-0.25, -0.2) is 9.97 Å². The van der Waals surface area contributed by atoms with E-state index in [2.05, 4.69) is 9.97 Å². The van der Waals surface area contributed by atoms with Crippen LogP contribution in [0.3, 0.4) is 0 Å². The number of benzene rings is 1. The minimum atomic E-state index is -0.944. The lowest BCUT2D eigenvalue weighted by molar-refractivity contribution is -0.136. The molecule has 0 saturated carbocycles. The first-order valence-electron chi connectivity index (χ1n) is 4.71. The molecule has 0 radical (unpaired) electrons. The van der Waals surface area contributed by atoms with E-state index in [1.807, 2.05) is 0 Å². The van der Waals surface area contributed by atoms with E-state index >= 15 is 0 Å². The second kappa shape index (κ2) is 4.06. The van der Waals surface area contributed by atoms with Crippen molar-refractivity contribution in [1.82, 2.24) is 9.97 Å².